The number of esters is 2. The second-order valence-electron chi connectivity index (χ2n) is 6.54. The van der Waals surface area contributed by atoms with Crippen LogP contribution >= 0.6 is 45.9 Å². The number of methoxy groups -OCH3 is 2. The number of hydrogen-bond donors (Lipinski definition) is 2. The Morgan fingerprint density at radius 2 is 1.26 bits per heavy atom. The lowest BCUT2D eigenvalue weighted by atomic mass is 9.93. The van der Waals surface area contributed by atoms with Gasteiger partial charge < -0.3 is 19.7 Å². The molecule has 0 aliphatic rings. The van der Waals surface area contributed by atoms with Crippen LogP contribution in [0.15, 0.2) is 18.2 Å². The van der Waals surface area contributed by atoms with Gasteiger partial charge in [0.2, 0.25) is 0 Å². The third-order valence-electron chi connectivity index (χ3n) is 4.76. The standard InChI is InChI=1S/C21H18Cl2O6S2/c1-8-12(20(26)28-3)16(24)18(30-8)15(14-10(22)6-5-7-11(14)23)19-17(25)13(9(2)31-19)21(27)29-4/h5-7,15,24-25H,1-4H3. The summed E-state index contributed by atoms with van der Waals surface area (Å²) in [6.45, 7) is 3.34. The van der Waals surface area contributed by atoms with E-state index in [1.54, 1.807) is 32.0 Å². The molecule has 31 heavy (non-hydrogen) atoms. The van der Waals surface area contributed by atoms with Crippen LogP contribution in [0.5, 0.6) is 11.5 Å². The Balaban J connectivity index is 2.38. The van der Waals surface area contributed by atoms with Crippen molar-refractivity contribution >= 4 is 57.8 Å². The molecule has 164 valence electrons. The van der Waals surface area contributed by atoms with Crippen LogP contribution in [0, 0.1) is 13.8 Å². The van der Waals surface area contributed by atoms with Crippen LogP contribution in [0.25, 0.3) is 0 Å². The summed E-state index contributed by atoms with van der Waals surface area (Å²) in [6, 6.07) is 4.94. The van der Waals surface area contributed by atoms with Gasteiger partial charge in [-0.05, 0) is 26.0 Å². The Morgan fingerprint density at radius 3 is 1.61 bits per heavy atom. The SMILES string of the molecule is COC(=O)c1c(C)sc(C(c2sc(C)c(C(=O)OC)c2O)c2c(Cl)cccc2Cl)c1O. The number of aromatic hydroxyl groups is 2. The number of aryl methyl sites for hydroxylation is 2. The predicted octanol–water partition coefficient (Wildman–Crippen LogP) is 5.90. The average Bonchev–Trinajstić information content (AvgIpc) is 3.18. The summed E-state index contributed by atoms with van der Waals surface area (Å²) in [7, 11) is 2.44. The number of thiophene rings is 2. The molecule has 10 heteroatoms. The van der Waals surface area contributed by atoms with Crippen molar-refractivity contribution in [3.8, 4) is 11.5 Å². The van der Waals surface area contributed by atoms with Gasteiger partial charge in [0.25, 0.3) is 0 Å². The van der Waals surface area contributed by atoms with Crippen LogP contribution < -0.4 is 0 Å². The first-order valence-corrected chi connectivity index (χ1v) is 11.3. The summed E-state index contributed by atoms with van der Waals surface area (Å²) in [5, 5.41) is 22.5. The van der Waals surface area contributed by atoms with Crippen molar-refractivity contribution in [1.29, 1.82) is 0 Å². The zero-order chi connectivity index (χ0) is 23.0. The molecule has 2 N–H and O–H groups in total. The molecule has 0 atom stereocenters. The van der Waals surface area contributed by atoms with Gasteiger partial charge in [-0.15, -0.1) is 22.7 Å². The van der Waals surface area contributed by atoms with Gasteiger partial charge in [-0.25, -0.2) is 9.59 Å². The summed E-state index contributed by atoms with van der Waals surface area (Å²) in [6.07, 6.45) is 0. The van der Waals surface area contributed by atoms with Crippen molar-refractivity contribution in [3.05, 3.63) is 64.4 Å². The fourth-order valence-electron chi connectivity index (χ4n) is 3.35. The number of carbonyl (C=O) groups is 2. The fraction of sp³-hybridized carbons (Fsp3) is 0.238. The largest absolute Gasteiger partial charge is 0.506 e. The summed E-state index contributed by atoms with van der Waals surface area (Å²) in [4.78, 5) is 26.1. The Labute approximate surface area is 196 Å². The van der Waals surface area contributed by atoms with E-state index >= 15 is 0 Å². The van der Waals surface area contributed by atoms with E-state index < -0.39 is 17.9 Å². The molecule has 3 aromatic rings. The highest BCUT2D eigenvalue weighted by atomic mass is 35.5. The van der Waals surface area contributed by atoms with Crippen LogP contribution in [0.3, 0.4) is 0 Å². The van der Waals surface area contributed by atoms with Crippen LogP contribution in [0.4, 0.5) is 0 Å². The van der Waals surface area contributed by atoms with Crippen molar-refractivity contribution in [2.75, 3.05) is 14.2 Å². The van der Waals surface area contributed by atoms with Crippen LogP contribution in [-0.2, 0) is 9.47 Å². The van der Waals surface area contributed by atoms with Gasteiger partial charge in [0, 0.05) is 25.4 Å². The minimum atomic E-state index is -0.842. The molecule has 0 radical (unpaired) electrons. The zero-order valence-corrected chi connectivity index (χ0v) is 20.1. The van der Waals surface area contributed by atoms with E-state index in [1.807, 2.05) is 0 Å². The minimum Gasteiger partial charge on any atom is -0.506 e. The summed E-state index contributed by atoms with van der Waals surface area (Å²) < 4.78 is 9.58. The number of benzene rings is 1. The third kappa shape index (κ3) is 4.01. The number of carbonyl (C=O) groups excluding carboxylic acids is 2. The molecule has 0 aliphatic heterocycles. The molecule has 0 bridgehead atoms. The van der Waals surface area contributed by atoms with E-state index in [0.29, 0.717) is 35.1 Å². The molecular weight excluding hydrogens is 483 g/mol. The van der Waals surface area contributed by atoms with Crippen LogP contribution in [0.1, 0.15) is 51.7 Å². The van der Waals surface area contributed by atoms with E-state index in [4.69, 9.17) is 32.7 Å². The number of halogens is 2. The van der Waals surface area contributed by atoms with E-state index in [2.05, 4.69) is 0 Å². The fourth-order valence-corrected chi connectivity index (χ4v) is 6.37. The first-order valence-electron chi connectivity index (χ1n) is 8.88. The third-order valence-corrected chi connectivity index (χ3v) is 7.74. The molecular formula is C21H18Cl2O6S2. The highest BCUT2D eigenvalue weighted by Gasteiger charge is 2.36. The monoisotopic (exact) mass is 500 g/mol. The first-order chi connectivity index (χ1) is 14.6. The summed E-state index contributed by atoms with van der Waals surface area (Å²) >= 11 is 15.3. The Hall–Kier alpha value is -2.26. The van der Waals surface area contributed by atoms with Gasteiger partial charge in [-0.3, -0.25) is 0 Å². The van der Waals surface area contributed by atoms with E-state index in [-0.39, 0.29) is 22.6 Å². The van der Waals surface area contributed by atoms with E-state index in [0.717, 1.165) is 22.7 Å². The van der Waals surface area contributed by atoms with Crippen molar-refractivity contribution in [2.24, 2.45) is 0 Å². The van der Waals surface area contributed by atoms with E-state index in [9.17, 15) is 19.8 Å². The smallest absolute Gasteiger partial charge is 0.342 e. The number of rotatable bonds is 5. The Morgan fingerprint density at radius 1 is 0.871 bits per heavy atom. The molecule has 2 aromatic heterocycles. The summed E-state index contributed by atoms with van der Waals surface area (Å²) in [5.74, 6) is -2.81. The second kappa shape index (κ2) is 9.08. The molecule has 0 fully saturated rings. The van der Waals surface area contributed by atoms with Crippen molar-refractivity contribution in [3.63, 3.8) is 0 Å². The lowest BCUT2D eigenvalue weighted by molar-refractivity contribution is 0.0588. The Kier molecular flexibility index (Phi) is 6.85. The number of hydrogen-bond acceptors (Lipinski definition) is 8. The van der Waals surface area contributed by atoms with Gasteiger partial charge >= 0.3 is 11.9 Å². The quantitative estimate of drug-likeness (QED) is 0.423. The molecule has 0 spiro atoms. The molecule has 0 amide bonds. The van der Waals surface area contributed by atoms with Crippen LogP contribution in [-0.4, -0.2) is 36.4 Å². The van der Waals surface area contributed by atoms with Crippen molar-refractivity contribution < 1.29 is 29.3 Å². The number of ether oxygens (including phenoxy) is 2. The van der Waals surface area contributed by atoms with Crippen molar-refractivity contribution in [1.82, 2.24) is 0 Å². The minimum absolute atomic E-state index is 0.0247. The van der Waals surface area contributed by atoms with Gasteiger partial charge in [-0.2, -0.15) is 0 Å². The maximum absolute atomic E-state index is 12.2. The maximum atomic E-state index is 12.2. The molecule has 0 unspecified atom stereocenters. The lowest BCUT2D eigenvalue weighted by Gasteiger charge is -2.19. The maximum Gasteiger partial charge on any atom is 0.342 e. The molecule has 3 rings (SSSR count). The van der Waals surface area contributed by atoms with Gasteiger partial charge in [0.05, 0.1) is 29.9 Å². The van der Waals surface area contributed by atoms with Crippen molar-refractivity contribution in [2.45, 2.75) is 19.8 Å². The topological polar surface area (TPSA) is 93.1 Å². The predicted molar refractivity (Wildman–Crippen MR) is 122 cm³/mol. The highest BCUT2D eigenvalue weighted by molar-refractivity contribution is 7.14. The van der Waals surface area contributed by atoms with E-state index in [1.165, 1.54) is 14.2 Å². The van der Waals surface area contributed by atoms with Gasteiger partial charge in [0.1, 0.15) is 22.6 Å². The molecule has 2 heterocycles. The van der Waals surface area contributed by atoms with Crippen LogP contribution in [0.2, 0.25) is 10.0 Å². The molecule has 0 aliphatic carbocycles. The molecule has 6 nitrogen and oxygen atoms in total. The second-order valence-corrected chi connectivity index (χ2v) is 9.87. The zero-order valence-electron chi connectivity index (χ0n) is 16.9. The van der Waals surface area contributed by atoms with Gasteiger partial charge in [-0.1, -0.05) is 29.3 Å². The molecule has 1 aromatic carbocycles. The van der Waals surface area contributed by atoms with Gasteiger partial charge in [0.15, 0.2) is 0 Å². The normalized spacial score (nSPS) is 11.1. The average molecular weight is 501 g/mol. The first kappa shape index (κ1) is 23.4. The lowest BCUT2D eigenvalue weighted by Crippen LogP contribution is -2.05. The Bertz CT molecular complexity index is 1090. The highest BCUT2D eigenvalue weighted by Crippen LogP contribution is 2.53. The molecule has 0 saturated carbocycles. The summed E-state index contributed by atoms with van der Waals surface area (Å²) in [5.41, 5.74) is 0.472. The molecule has 0 saturated heterocycles.